The molecule has 0 saturated carbocycles. The van der Waals surface area contributed by atoms with Gasteiger partial charge in [-0.15, -0.1) is 0 Å². The molecular weight excluding hydrogens is 164 g/mol. The van der Waals surface area contributed by atoms with Crippen LogP contribution in [-0.4, -0.2) is 27.5 Å². The van der Waals surface area contributed by atoms with Gasteiger partial charge in [0.15, 0.2) is 0 Å². The van der Waals surface area contributed by atoms with Gasteiger partial charge in [0.25, 0.3) is 0 Å². The Morgan fingerprint density at radius 1 is 1.62 bits per heavy atom. The molecule has 0 unspecified atom stereocenters. The second-order valence-electron chi connectivity index (χ2n) is 3.36. The summed E-state index contributed by atoms with van der Waals surface area (Å²) in [5, 5.41) is 8.55. The van der Waals surface area contributed by atoms with Crippen molar-refractivity contribution in [3.8, 4) is 6.07 Å². The summed E-state index contributed by atoms with van der Waals surface area (Å²) in [6, 6.07) is 2.16. The van der Waals surface area contributed by atoms with Crippen LogP contribution in [0, 0.1) is 18.3 Å². The van der Waals surface area contributed by atoms with Gasteiger partial charge in [-0.2, -0.15) is 5.26 Å². The van der Waals surface area contributed by atoms with Crippen LogP contribution in [0.15, 0.2) is 6.20 Å². The summed E-state index contributed by atoms with van der Waals surface area (Å²) >= 11 is 0. The summed E-state index contributed by atoms with van der Waals surface area (Å²) < 4.78 is 2.17. The van der Waals surface area contributed by atoms with Gasteiger partial charge < -0.3 is 4.57 Å². The molecule has 0 amide bonds. The SMILES string of the molecule is Cc1cn2c(n1)CN(CC#N)CC2. The van der Waals surface area contributed by atoms with Crippen molar-refractivity contribution in [2.24, 2.45) is 0 Å². The molecule has 0 fully saturated rings. The zero-order chi connectivity index (χ0) is 9.26. The molecular formula is C9H12N4. The lowest BCUT2D eigenvalue weighted by Crippen LogP contribution is -2.33. The van der Waals surface area contributed by atoms with Crippen molar-refractivity contribution in [3.63, 3.8) is 0 Å². The van der Waals surface area contributed by atoms with E-state index in [2.05, 4.69) is 26.7 Å². The fourth-order valence-electron chi connectivity index (χ4n) is 1.68. The average molecular weight is 176 g/mol. The molecule has 0 aliphatic carbocycles. The fourth-order valence-corrected chi connectivity index (χ4v) is 1.68. The molecule has 2 heterocycles. The van der Waals surface area contributed by atoms with E-state index in [0.29, 0.717) is 6.54 Å². The Morgan fingerprint density at radius 2 is 2.46 bits per heavy atom. The van der Waals surface area contributed by atoms with E-state index in [1.807, 2.05) is 6.92 Å². The molecule has 68 valence electrons. The number of hydrogen-bond donors (Lipinski definition) is 0. The fraction of sp³-hybridized carbons (Fsp3) is 0.556. The van der Waals surface area contributed by atoms with Gasteiger partial charge in [0.2, 0.25) is 0 Å². The van der Waals surface area contributed by atoms with Crippen LogP contribution >= 0.6 is 0 Å². The predicted octanol–water partition coefficient (Wildman–Crippen LogP) is 0.531. The molecule has 0 saturated heterocycles. The van der Waals surface area contributed by atoms with Crippen LogP contribution in [0.3, 0.4) is 0 Å². The van der Waals surface area contributed by atoms with Crippen LogP contribution in [0.25, 0.3) is 0 Å². The molecule has 4 heteroatoms. The van der Waals surface area contributed by atoms with Gasteiger partial charge in [-0.05, 0) is 6.92 Å². The highest BCUT2D eigenvalue weighted by Gasteiger charge is 2.16. The normalized spacial score (nSPS) is 16.6. The Kier molecular flexibility index (Phi) is 2.03. The lowest BCUT2D eigenvalue weighted by Gasteiger charge is -2.24. The highest BCUT2D eigenvalue weighted by Crippen LogP contribution is 2.11. The number of rotatable bonds is 1. The first-order valence-corrected chi connectivity index (χ1v) is 4.41. The number of imidazole rings is 1. The molecule has 0 atom stereocenters. The Labute approximate surface area is 77.4 Å². The van der Waals surface area contributed by atoms with Gasteiger partial charge in [0, 0.05) is 19.3 Å². The molecule has 13 heavy (non-hydrogen) atoms. The number of aromatic nitrogens is 2. The maximum atomic E-state index is 8.55. The molecule has 1 aromatic rings. The average Bonchev–Trinajstić information content (AvgIpc) is 2.44. The Hall–Kier alpha value is -1.34. The van der Waals surface area contributed by atoms with Gasteiger partial charge in [0.1, 0.15) is 5.82 Å². The topological polar surface area (TPSA) is 44.9 Å². The second-order valence-corrected chi connectivity index (χ2v) is 3.36. The van der Waals surface area contributed by atoms with E-state index >= 15 is 0 Å². The van der Waals surface area contributed by atoms with Crippen LogP contribution in [0.2, 0.25) is 0 Å². The first-order valence-electron chi connectivity index (χ1n) is 4.41. The molecule has 0 spiro atoms. The van der Waals surface area contributed by atoms with Crippen LogP contribution < -0.4 is 0 Å². The maximum Gasteiger partial charge on any atom is 0.123 e. The van der Waals surface area contributed by atoms with E-state index in [1.54, 1.807) is 0 Å². The van der Waals surface area contributed by atoms with Gasteiger partial charge in [-0.1, -0.05) is 0 Å². The molecule has 0 bridgehead atoms. The van der Waals surface area contributed by atoms with Crippen LogP contribution in [0.5, 0.6) is 0 Å². The van der Waals surface area contributed by atoms with Crippen molar-refractivity contribution in [1.82, 2.24) is 14.5 Å². The summed E-state index contributed by atoms with van der Waals surface area (Å²) in [7, 11) is 0. The first kappa shape index (κ1) is 8.27. The van der Waals surface area contributed by atoms with E-state index in [0.717, 1.165) is 31.2 Å². The van der Waals surface area contributed by atoms with Crippen molar-refractivity contribution in [3.05, 3.63) is 17.7 Å². The van der Waals surface area contributed by atoms with E-state index in [4.69, 9.17) is 5.26 Å². The molecule has 1 aliphatic heterocycles. The second kappa shape index (κ2) is 3.19. The summed E-state index contributed by atoms with van der Waals surface area (Å²) in [5.41, 5.74) is 1.06. The van der Waals surface area contributed by atoms with Crippen molar-refractivity contribution < 1.29 is 0 Å². The van der Waals surface area contributed by atoms with Crippen molar-refractivity contribution in [2.75, 3.05) is 13.1 Å². The molecule has 1 aromatic heterocycles. The number of hydrogen-bond acceptors (Lipinski definition) is 3. The minimum Gasteiger partial charge on any atom is -0.332 e. The number of nitrogens with zero attached hydrogens (tertiary/aromatic N) is 4. The summed E-state index contributed by atoms with van der Waals surface area (Å²) in [6.07, 6.45) is 2.07. The first-order chi connectivity index (χ1) is 6.29. The monoisotopic (exact) mass is 176 g/mol. The minimum absolute atomic E-state index is 0.506. The number of nitriles is 1. The van der Waals surface area contributed by atoms with Gasteiger partial charge >= 0.3 is 0 Å². The maximum absolute atomic E-state index is 8.55. The van der Waals surface area contributed by atoms with E-state index in [-0.39, 0.29) is 0 Å². The number of fused-ring (bicyclic) bond motifs is 1. The van der Waals surface area contributed by atoms with Crippen LogP contribution in [-0.2, 0) is 13.1 Å². The highest BCUT2D eigenvalue weighted by molar-refractivity contribution is 5.04. The van der Waals surface area contributed by atoms with Gasteiger partial charge in [-0.25, -0.2) is 4.98 Å². The third-order valence-electron chi connectivity index (χ3n) is 2.30. The van der Waals surface area contributed by atoms with Crippen LogP contribution in [0.1, 0.15) is 11.5 Å². The lowest BCUT2D eigenvalue weighted by atomic mass is 10.3. The van der Waals surface area contributed by atoms with Gasteiger partial charge in [0.05, 0.1) is 24.9 Å². The largest absolute Gasteiger partial charge is 0.332 e. The zero-order valence-electron chi connectivity index (χ0n) is 7.69. The smallest absolute Gasteiger partial charge is 0.123 e. The lowest BCUT2D eigenvalue weighted by molar-refractivity contribution is 0.242. The third-order valence-corrected chi connectivity index (χ3v) is 2.30. The Balaban J connectivity index is 2.15. The zero-order valence-corrected chi connectivity index (χ0v) is 7.69. The molecule has 4 nitrogen and oxygen atoms in total. The summed E-state index contributed by atoms with van der Waals surface area (Å²) in [6.45, 7) is 5.22. The Morgan fingerprint density at radius 3 is 3.23 bits per heavy atom. The van der Waals surface area contributed by atoms with Crippen molar-refractivity contribution >= 4 is 0 Å². The Bertz CT molecular complexity index is 347. The highest BCUT2D eigenvalue weighted by atomic mass is 15.2. The molecule has 0 aromatic carbocycles. The molecule has 0 radical (unpaired) electrons. The summed E-state index contributed by atoms with van der Waals surface area (Å²) in [5.74, 6) is 1.08. The molecule has 2 rings (SSSR count). The van der Waals surface area contributed by atoms with E-state index in [1.165, 1.54) is 0 Å². The molecule has 1 aliphatic rings. The van der Waals surface area contributed by atoms with Crippen LogP contribution in [0.4, 0.5) is 0 Å². The van der Waals surface area contributed by atoms with Gasteiger partial charge in [-0.3, -0.25) is 4.90 Å². The quantitative estimate of drug-likeness (QED) is 0.586. The minimum atomic E-state index is 0.506. The molecule has 0 N–H and O–H groups in total. The standard InChI is InChI=1S/C9H12N4/c1-8-6-13-5-4-12(3-2-10)7-9(13)11-8/h6H,3-5,7H2,1H3. The summed E-state index contributed by atoms with van der Waals surface area (Å²) in [4.78, 5) is 6.51. The number of aryl methyl sites for hydroxylation is 1. The third kappa shape index (κ3) is 1.56. The van der Waals surface area contributed by atoms with Crippen molar-refractivity contribution in [1.29, 1.82) is 5.26 Å². The predicted molar refractivity (Wildman–Crippen MR) is 47.9 cm³/mol. The van der Waals surface area contributed by atoms with E-state index in [9.17, 15) is 0 Å². The van der Waals surface area contributed by atoms with E-state index < -0.39 is 0 Å². The van der Waals surface area contributed by atoms with Crippen molar-refractivity contribution in [2.45, 2.75) is 20.0 Å².